The second kappa shape index (κ2) is 7.94. The molecule has 1 aromatic heterocycles. The topological polar surface area (TPSA) is 42.1 Å². The van der Waals surface area contributed by atoms with E-state index in [1.807, 2.05) is 49.4 Å². The number of carbonyl (C=O) groups is 1. The highest BCUT2D eigenvalue weighted by Crippen LogP contribution is 2.34. The van der Waals surface area contributed by atoms with E-state index in [4.69, 9.17) is 27.9 Å². The molecule has 0 saturated heterocycles. The van der Waals surface area contributed by atoms with E-state index in [2.05, 4.69) is 4.98 Å². The average Bonchev–Trinajstić information content (AvgIpc) is 2.93. The van der Waals surface area contributed by atoms with Crippen molar-refractivity contribution in [3.63, 3.8) is 0 Å². The lowest BCUT2D eigenvalue weighted by atomic mass is 10.0. The fourth-order valence-electron chi connectivity index (χ4n) is 3.01. The van der Waals surface area contributed by atoms with Crippen LogP contribution >= 0.6 is 23.2 Å². The van der Waals surface area contributed by atoms with E-state index in [9.17, 15) is 4.79 Å². The Hall–Kier alpha value is -1.97. The standard InChI is InChI=1S/C20H19Cl2NO2/c1-2-25-19(24)8-4-7-16-17-12-15(22)9-10-18(17)23-20(16)13-5-3-6-14(21)11-13/h3,5-6,9-12,23H,2,4,7-8H2,1H3. The Kier molecular flexibility index (Phi) is 5.67. The minimum absolute atomic E-state index is 0.162. The van der Waals surface area contributed by atoms with Crippen molar-refractivity contribution in [3.05, 3.63) is 58.1 Å². The van der Waals surface area contributed by atoms with E-state index in [0.717, 1.165) is 34.1 Å². The van der Waals surface area contributed by atoms with Crippen LogP contribution in [0.25, 0.3) is 22.2 Å². The van der Waals surface area contributed by atoms with Gasteiger partial charge in [-0.15, -0.1) is 0 Å². The molecule has 3 aromatic rings. The molecular formula is C20H19Cl2NO2. The van der Waals surface area contributed by atoms with Gasteiger partial charge in [0, 0.05) is 33.1 Å². The summed E-state index contributed by atoms with van der Waals surface area (Å²) in [6.45, 7) is 2.23. The third kappa shape index (κ3) is 4.17. The zero-order valence-electron chi connectivity index (χ0n) is 13.9. The number of esters is 1. The van der Waals surface area contributed by atoms with Crippen molar-refractivity contribution >= 4 is 40.1 Å². The number of benzene rings is 2. The molecule has 0 unspecified atom stereocenters. The molecule has 0 radical (unpaired) electrons. The van der Waals surface area contributed by atoms with Crippen LogP contribution < -0.4 is 0 Å². The van der Waals surface area contributed by atoms with Gasteiger partial charge in [-0.1, -0.05) is 35.3 Å². The number of aromatic nitrogens is 1. The van der Waals surface area contributed by atoms with Crippen LogP contribution in [0.5, 0.6) is 0 Å². The molecule has 130 valence electrons. The number of hydrogen-bond donors (Lipinski definition) is 1. The highest BCUT2D eigenvalue weighted by atomic mass is 35.5. The van der Waals surface area contributed by atoms with Crippen molar-refractivity contribution in [2.75, 3.05) is 6.61 Å². The number of H-pyrrole nitrogens is 1. The molecule has 0 aliphatic heterocycles. The number of nitrogens with one attached hydrogen (secondary N) is 1. The molecule has 0 bridgehead atoms. The molecule has 2 aromatic carbocycles. The number of aromatic amines is 1. The lowest BCUT2D eigenvalue weighted by Gasteiger charge is -2.06. The Labute approximate surface area is 156 Å². The van der Waals surface area contributed by atoms with Crippen LogP contribution in [-0.4, -0.2) is 17.6 Å². The molecule has 25 heavy (non-hydrogen) atoms. The van der Waals surface area contributed by atoms with Crippen LogP contribution in [-0.2, 0) is 16.0 Å². The lowest BCUT2D eigenvalue weighted by molar-refractivity contribution is -0.143. The molecular weight excluding hydrogens is 357 g/mol. The quantitative estimate of drug-likeness (QED) is 0.534. The normalized spacial score (nSPS) is 11.0. The van der Waals surface area contributed by atoms with E-state index in [1.165, 1.54) is 0 Å². The molecule has 5 heteroatoms. The average molecular weight is 376 g/mol. The molecule has 3 nitrogen and oxygen atoms in total. The first-order valence-corrected chi connectivity index (χ1v) is 9.05. The van der Waals surface area contributed by atoms with Crippen molar-refractivity contribution in [3.8, 4) is 11.3 Å². The molecule has 0 atom stereocenters. The minimum Gasteiger partial charge on any atom is -0.466 e. The molecule has 1 N–H and O–H groups in total. The zero-order valence-corrected chi connectivity index (χ0v) is 15.5. The van der Waals surface area contributed by atoms with Gasteiger partial charge in [-0.25, -0.2) is 0 Å². The van der Waals surface area contributed by atoms with Crippen LogP contribution in [0.1, 0.15) is 25.3 Å². The van der Waals surface area contributed by atoms with Crippen LogP contribution in [0.3, 0.4) is 0 Å². The Balaban J connectivity index is 1.97. The third-order valence-electron chi connectivity index (χ3n) is 4.09. The third-order valence-corrected chi connectivity index (χ3v) is 4.56. The van der Waals surface area contributed by atoms with E-state index < -0.39 is 0 Å². The maximum absolute atomic E-state index is 11.6. The monoisotopic (exact) mass is 375 g/mol. The van der Waals surface area contributed by atoms with Gasteiger partial charge in [-0.2, -0.15) is 0 Å². The zero-order chi connectivity index (χ0) is 17.8. The summed E-state index contributed by atoms with van der Waals surface area (Å²) in [6.07, 6.45) is 1.86. The summed E-state index contributed by atoms with van der Waals surface area (Å²) < 4.78 is 5.01. The summed E-state index contributed by atoms with van der Waals surface area (Å²) in [7, 11) is 0. The summed E-state index contributed by atoms with van der Waals surface area (Å²) in [4.78, 5) is 15.1. The van der Waals surface area contributed by atoms with Gasteiger partial charge in [0.25, 0.3) is 0 Å². The van der Waals surface area contributed by atoms with Crippen molar-refractivity contribution in [1.29, 1.82) is 0 Å². The molecule has 0 amide bonds. The second-order valence-electron chi connectivity index (χ2n) is 5.84. The Morgan fingerprint density at radius 1 is 1.12 bits per heavy atom. The van der Waals surface area contributed by atoms with E-state index in [0.29, 0.717) is 29.5 Å². The number of halogens is 2. The SMILES string of the molecule is CCOC(=O)CCCc1c(-c2cccc(Cl)c2)[nH]c2ccc(Cl)cc12. The second-order valence-corrected chi connectivity index (χ2v) is 6.71. The van der Waals surface area contributed by atoms with Crippen LogP contribution in [0.15, 0.2) is 42.5 Å². The maximum atomic E-state index is 11.6. The van der Waals surface area contributed by atoms with Gasteiger partial charge in [0.1, 0.15) is 0 Å². The van der Waals surface area contributed by atoms with Gasteiger partial charge < -0.3 is 9.72 Å². The van der Waals surface area contributed by atoms with Gasteiger partial charge in [-0.05, 0) is 61.2 Å². The summed E-state index contributed by atoms with van der Waals surface area (Å²) in [5.74, 6) is -0.162. The van der Waals surface area contributed by atoms with E-state index >= 15 is 0 Å². The summed E-state index contributed by atoms with van der Waals surface area (Å²) in [5, 5.41) is 2.45. The van der Waals surface area contributed by atoms with Crippen LogP contribution in [0, 0.1) is 0 Å². The first-order chi connectivity index (χ1) is 12.1. The Morgan fingerprint density at radius 2 is 1.92 bits per heavy atom. The first kappa shape index (κ1) is 17.8. The predicted molar refractivity (Wildman–Crippen MR) is 103 cm³/mol. The number of aryl methyl sites for hydroxylation is 1. The van der Waals surface area contributed by atoms with Gasteiger partial charge in [-0.3, -0.25) is 4.79 Å². The fourth-order valence-corrected chi connectivity index (χ4v) is 3.38. The number of fused-ring (bicyclic) bond motifs is 1. The van der Waals surface area contributed by atoms with Crippen LogP contribution in [0.4, 0.5) is 0 Å². The van der Waals surface area contributed by atoms with Gasteiger partial charge in [0.05, 0.1) is 6.61 Å². The van der Waals surface area contributed by atoms with Gasteiger partial charge >= 0.3 is 5.97 Å². The van der Waals surface area contributed by atoms with E-state index in [-0.39, 0.29) is 5.97 Å². The van der Waals surface area contributed by atoms with Gasteiger partial charge in [0.2, 0.25) is 0 Å². The van der Waals surface area contributed by atoms with Crippen molar-refractivity contribution < 1.29 is 9.53 Å². The Bertz CT molecular complexity index is 902. The number of carbonyl (C=O) groups excluding carboxylic acids is 1. The number of hydrogen-bond acceptors (Lipinski definition) is 2. The summed E-state index contributed by atoms with van der Waals surface area (Å²) in [6, 6.07) is 13.5. The lowest BCUT2D eigenvalue weighted by Crippen LogP contribution is -2.04. The fraction of sp³-hybridized carbons (Fsp3) is 0.250. The number of rotatable bonds is 6. The van der Waals surface area contributed by atoms with Crippen molar-refractivity contribution in [1.82, 2.24) is 4.98 Å². The van der Waals surface area contributed by atoms with E-state index in [1.54, 1.807) is 0 Å². The summed E-state index contributed by atoms with van der Waals surface area (Å²) in [5.41, 5.74) is 4.20. The molecule has 0 aliphatic rings. The van der Waals surface area contributed by atoms with Crippen molar-refractivity contribution in [2.24, 2.45) is 0 Å². The van der Waals surface area contributed by atoms with Crippen molar-refractivity contribution in [2.45, 2.75) is 26.2 Å². The maximum Gasteiger partial charge on any atom is 0.305 e. The smallest absolute Gasteiger partial charge is 0.305 e. The highest BCUT2D eigenvalue weighted by Gasteiger charge is 2.14. The largest absolute Gasteiger partial charge is 0.466 e. The predicted octanol–water partition coefficient (Wildman–Crippen LogP) is 6.03. The molecule has 0 fully saturated rings. The van der Waals surface area contributed by atoms with Gasteiger partial charge in [0.15, 0.2) is 0 Å². The molecule has 0 saturated carbocycles. The molecule has 3 rings (SSSR count). The first-order valence-electron chi connectivity index (χ1n) is 8.30. The van der Waals surface area contributed by atoms with Crippen LogP contribution in [0.2, 0.25) is 10.0 Å². The molecule has 0 aliphatic carbocycles. The molecule has 1 heterocycles. The summed E-state index contributed by atoms with van der Waals surface area (Å²) >= 11 is 12.3. The number of ether oxygens (including phenoxy) is 1. The minimum atomic E-state index is -0.162. The molecule has 0 spiro atoms. The highest BCUT2D eigenvalue weighted by molar-refractivity contribution is 6.31. The Morgan fingerprint density at radius 3 is 2.68 bits per heavy atom.